The lowest BCUT2D eigenvalue weighted by Crippen LogP contribution is -2.64. The molecule has 6 atom stereocenters. The summed E-state index contributed by atoms with van der Waals surface area (Å²) >= 11 is 5.65. The fourth-order valence-corrected chi connectivity index (χ4v) is 6.96. The van der Waals surface area contributed by atoms with Crippen LogP contribution in [0, 0.1) is 34.0 Å². The minimum absolute atomic E-state index is 0.146. The molecule has 25 heavy (non-hydrogen) atoms. The van der Waals surface area contributed by atoms with E-state index in [0.717, 1.165) is 37.7 Å². The van der Waals surface area contributed by atoms with Gasteiger partial charge in [-0.2, -0.15) is 0 Å². The summed E-state index contributed by atoms with van der Waals surface area (Å²) in [6.07, 6.45) is 7.71. The third-order valence-electron chi connectivity index (χ3n) is 8.55. The second-order valence-corrected chi connectivity index (χ2v) is 9.37. The van der Waals surface area contributed by atoms with Crippen LogP contribution in [0.4, 0.5) is 0 Å². The molecule has 2 N–H and O–H groups in total. The Kier molecular flexibility index (Phi) is 3.76. The van der Waals surface area contributed by atoms with Crippen LogP contribution in [-0.4, -0.2) is 27.2 Å². The van der Waals surface area contributed by atoms with Crippen molar-refractivity contribution in [3.8, 4) is 11.3 Å². The van der Waals surface area contributed by atoms with Gasteiger partial charge in [-0.25, -0.2) is 0 Å². The minimum atomic E-state index is -1.06. The number of halogens is 1. The third-order valence-corrected chi connectivity index (χ3v) is 8.65. The van der Waals surface area contributed by atoms with Crippen LogP contribution < -0.4 is 0 Å². The smallest absolute Gasteiger partial charge is 0.155 e. The number of hydrogen-bond acceptors (Lipinski definition) is 3. The average molecular weight is 363 g/mol. The van der Waals surface area contributed by atoms with E-state index in [-0.39, 0.29) is 28.4 Å². The number of rotatable bonds is 0. The highest BCUT2D eigenvalue weighted by atomic mass is 35.5. The van der Waals surface area contributed by atoms with Crippen molar-refractivity contribution in [3.05, 3.63) is 11.6 Å². The molecule has 0 aliphatic heterocycles. The van der Waals surface area contributed by atoms with Crippen molar-refractivity contribution in [1.29, 1.82) is 0 Å². The number of ketones is 1. The van der Waals surface area contributed by atoms with Crippen LogP contribution in [0.5, 0.6) is 0 Å². The Morgan fingerprint density at radius 3 is 2.56 bits per heavy atom. The van der Waals surface area contributed by atoms with Gasteiger partial charge in [0.2, 0.25) is 0 Å². The maximum absolute atomic E-state index is 11.9. The molecule has 0 radical (unpaired) electrons. The van der Waals surface area contributed by atoms with Crippen molar-refractivity contribution in [3.63, 3.8) is 0 Å². The first-order valence-electron chi connectivity index (χ1n) is 9.52. The summed E-state index contributed by atoms with van der Waals surface area (Å²) < 4.78 is 0. The monoisotopic (exact) mass is 362 g/mol. The summed E-state index contributed by atoms with van der Waals surface area (Å²) in [5.74, 6) is 3.46. The standard InChI is InChI=1S/C21H27ClO3/c1-18-7-5-15(23)13-14(18)3-4-17-16-6-8-20(24,11-12-22)19(16,2)9-10-21(17,18)25/h13,16-17,24-25H,3-10H2,1-2H3/t16-,17-,18-,19-,20?,21-/m0/s1. The van der Waals surface area contributed by atoms with E-state index in [2.05, 4.69) is 25.1 Å². The maximum Gasteiger partial charge on any atom is 0.155 e. The summed E-state index contributed by atoms with van der Waals surface area (Å²) in [6, 6.07) is 0. The number of carbonyl (C=O) groups is 1. The molecule has 0 amide bonds. The fourth-order valence-electron chi connectivity index (χ4n) is 6.80. The largest absolute Gasteiger partial charge is 0.389 e. The van der Waals surface area contributed by atoms with Gasteiger partial charge in [0.05, 0.1) is 5.60 Å². The van der Waals surface area contributed by atoms with Crippen LogP contribution >= 0.6 is 11.6 Å². The second kappa shape index (κ2) is 5.35. The van der Waals surface area contributed by atoms with Gasteiger partial charge in [0, 0.05) is 22.6 Å². The lowest BCUT2D eigenvalue weighted by atomic mass is 9.44. The molecule has 0 heterocycles. The predicted octanol–water partition coefficient (Wildman–Crippen LogP) is 3.56. The van der Waals surface area contributed by atoms with E-state index in [1.54, 1.807) is 6.08 Å². The molecule has 4 aliphatic rings. The van der Waals surface area contributed by atoms with Crippen LogP contribution in [0.1, 0.15) is 65.2 Å². The first kappa shape index (κ1) is 17.6. The van der Waals surface area contributed by atoms with Crippen molar-refractivity contribution in [2.45, 2.75) is 76.4 Å². The van der Waals surface area contributed by atoms with Crippen molar-refractivity contribution >= 4 is 17.4 Å². The molecular formula is C21H27ClO3. The molecule has 3 fully saturated rings. The summed E-state index contributed by atoms with van der Waals surface area (Å²) in [6.45, 7) is 4.28. The van der Waals surface area contributed by atoms with Crippen LogP contribution in [-0.2, 0) is 4.79 Å². The molecule has 3 nitrogen and oxygen atoms in total. The predicted molar refractivity (Wildman–Crippen MR) is 96.7 cm³/mol. The van der Waals surface area contributed by atoms with Crippen LogP contribution in [0.3, 0.4) is 0 Å². The Balaban J connectivity index is 1.76. The van der Waals surface area contributed by atoms with Crippen molar-refractivity contribution < 1.29 is 15.0 Å². The van der Waals surface area contributed by atoms with Crippen LogP contribution in [0.15, 0.2) is 11.6 Å². The van der Waals surface area contributed by atoms with Gasteiger partial charge in [-0.05, 0) is 74.5 Å². The molecular weight excluding hydrogens is 336 g/mol. The van der Waals surface area contributed by atoms with Crippen molar-refractivity contribution in [1.82, 2.24) is 0 Å². The molecule has 1 unspecified atom stereocenters. The van der Waals surface area contributed by atoms with E-state index in [9.17, 15) is 15.0 Å². The highest BCUT2D eigenvalue weighted by Crippen LogP contribution is 2.68. The molecule has 136 valence electrons. The molecule has 0 aromatic carbocycles. The van der Waals surface area contributed by atoms with E-state index in [1.807, 2.05) is 0 Å². The minimum Gasteiger partial charge on any atom is -0.389 e. The summed E-state index contributed by atoms with van der Waals surface area (Å²) in [4.78, 5) is 11.9. The zero-order valence-corrected chi connectivity index (χ0v) is 15.8. The average Bonchev–Trinajstić information content (AvgIpc) is 2.82. The highest BCUT2D eigenvalue weighted by Gasteiger charge is 2.68. The topological polar surface area (TPSA) is 57.5 Å². The Labute approximate surface area is 154 Å². The number of carbonyl (C=O) groups excluding carboxylic acids is 1. The molecule has 4 heteroatoms. The van der Waals surface area contributed by atoms with Gasteiger partial charge < -0.3 is 10.2 Å². The normalized spacial score (nSPS) is 51.6. The Morgan fingerprint density at radius 1 is 1.08 bits per heavy atom. The summed E-state index contributed by atoms with van der Waals surface area (Å²) in [5, 5.41) is 25.5. The van der Waals surface area contributed by atoms with Gasteiger partial charge in [0.25, 0.3) is 0 Å². The van der Waals surface area contributed by atoms with E-state index in [4.69, 9.17) is 11.6 Å². The van der Waals surface area contributed by atoms with Gasteiger partial charge >= 0.3 is 0 Å². The third kappa shape index (κ3) is 2.05. The SMILES string of the molecule is C[C@]12CC[C@]3(O)[C@@H](CCC4=CC(=O)CC[C@@]43C)[C@@H]1CCC2(O)C#CCl. The summed E-state index contributed by atoms with van der Waals surface area (Å²) in [7, 11) is 0. The quantitative estimate of drug-likeness (QED) is 0.648. The molecule has 0 saturated heterocycles. The molecule has 0 aromatic heterocycles. The van der Waals surface area contributed by atoms with E-state index in [0.29, 0.717) is 19.3 Å². The van der Waals surface area contributed by atoms with Crippen molar-refractivity contribution in [2.24, 2.45) is 22.7 Å². The van der Waals surface area contributed by atoms with Crippen LogP contribution in [0.25, 0.3) is 0 Å². The summed E-state index contributed by atoms with van der Waals surface area (Å²) in [5.41, 5.74) is -1.35. The Hall–Kier alpha value is -0.820. The maximum atomic E-state index is 11.9. The molecule has 0 bridgehead atoms. The van der Waals surface area contributed by atoms with Gasteiger partial charge in [-0.3, -0.25) is 4.79 Å². The van der Waals surface area contributed by atoms with E-state index in [1.165, 1.54) is 0 Å². The van der Waals surface area contributed by atoms with Gasteiger partial charge in [0.15, 0.2) is 5.78 Å². The van der Waals surface area contributed by atoms with Crippen LogP contribution in [0.2, 0.25) is 0 Å². The van der Waals surface area contributed by atoms with Gasteiger partial charge in [-0.1, -0.05) is 25.3 Å². The van der Waals surface area contributed by atoms with Gasteiger partial charge in [-0.15, -0.1) is 0 Å². The Morgan fingerprint density at radius 2 is 1.84 bits per heavy atom. The zero-order valence-electron chi connectivity index (χ0n) is 15.1. The van der Waals surface area contributed by atoms with Gasteiger partial charge in [0.1, 0.15) is 5.60 Å². The second-order valence-electron chi connectivity index (χ2n) is 9.18. The number of fused-ring (bicyclic) bond motifs is 5. The van der Waals surface area contributed by atoms with E-state index < -0.39 is 11.2 Å². The lowest BCUT2D eigenvalue weighted by Gasteiger charge is -2.63. The molecule has 4 rings (SSSR count). The number of aliphatic hydroxyl groups is 2. The number of hydrogen-bond donors (Lipinski definition) is 2. The molecule has 0 aromatic rings. The molecule has 0 spiro atoms. The van der Waals surface area contributed by atoms with Crippen molar-refractivity contribution in [2.75, 3.05) is 0 Å². The highest BCUT2D eigenvalue weighted by molar-refractivity contribution is 6.30. The van der Waals surface area contributed by atoms with E-state index >= 15 is 0 Å². The lowest BCUT2D eigenvalue weighted by molar-refractivity contribution is -0.202. The fraction of sp³-hybridized carbons (Fsp3) is 0.762. The molecule has 3 saturated carbocycles. The first-order valence-corrected chi connectivity index (χ1v) is 9.89. The Bertz CT molecular complexity index is 718. The first-order chi connectivity index (χ1) is 11.7. The zero-order chi connectivity index (χ0) is 18.1. The molecule has 4 aliphatic carbocycles.